The van der Waals surface area contributed by atoms with Crippen LogP contribution in [0.1, 0.15) is 12.5 Å². The first-order chi connectivity index (χ1) is 15.9. The minimum Gasteiger partial charge on any atom is -0.496 e. The van der Waals surface area contributed by atoms with Crippen molar-refractivity contribution in [3.05, 3.63) is 93.7 Å². The topological polar surface area (TPSA) is 94.6 Å². The van der Waals surface area contributed by atoms with Gasteiger partial charge in [-0.2, -0.15) is 0 Å². The first-order valence-electron chi connectivity index (χ1n) is 9.95. The van der Waals surface area contributed by atoms with Gasteiger partial charge in [-0.1, -0.05) is 29.8 Å². The number of anilines is 1. The van der Waals surface area contributed by atoms with E-state index in [1.165, 1.54) is 24.3 Å². The van der Waals surface area contributed by atoms with Crippen LogP contribution in [0.5, 0.6) is 5.75 Å². The number of carbonyl (C=O) groups excluding carboxylic acids is 1. The first-order valence-corrected chi connectivity index (χ1v) is 10.3. The SMILES string of the molecule is COc1cc2occ(-c3ccc(Cl)cc3)c2cc1/C(C)=C/C(=O)Nc1cccc([N+](=O)[O-])c1. The van der Waals surface area contributed by atoms with Crippen LogP contribution in [-0.4, -0.2) is 17.9 Å². The molecular weight excluding hydrogens is 444 g/mol. The minimum atomic E-state index is -0.514. The quantitative estimate of drug-likeness (QED) is 0.195. The molecule has 8 heteroatoms. The monoisotopic (exact) mass is 462 g/mol. The van der Waals surface area contributed by atoms with Gasteiger partial charge in [-0.3, -0.25) is 14.9 Å². The molecule has 166 valence electrons. The number of nitrogens with zero attached hydrogens (tertiary/aromatic N) is 1. The van der Waals surface area contributed by atoms with Gasteiger partial charge in [0.25, 0.3) is 5.69 Å². The number of ether oxygens (including phenoxy) is 1. The number of fused-ring (bicyclic) bond motifs is 1. The molecule has 0 bridgehead atoms. The summed E-state index contributed by atoms with van der Waals surface area (Å²) in [5.74, 6) is 0.136. The van der Waals surface area contributed by atoms with Crippen molar-refractivity contribution in [3.8, 4) is 16.9 Å². The van der Waals surface area contributed by atoms with Crippen molar-refractivity contribution in [1.29, 1.82) is 0 Å². The predicted octanol–water partition coefficient (Wildman–Crippen LogP) is 6.71. The number of furan rings is 1. The lowest BCUT2D eigenvalue weighted by Gasteiger charge is -2.10. The van der Waals surface area contributed by atoms with Gasteiger partial charge in [0.05, 0.1) is 18.3 Å². The first kappa shape index (κ1) is 22.1. The lowest BCUT2D eigenvalue weighted by atomic mass is 9.99. The number of benzene rings is 3. The van der Waals surface area contributed by atoms with Crippen LogP contribution in [-0.2, 0) is 4.79 Å². The number of rotatable bonds is 6. The van der Waals surface area contributed by atoms with Crippen LogP contribution in [0.2, 0.25) is 5.02 Å². The number of nitro benzene ring substituents is 1. The van der Waals surface area contributed by atoms with Crippen molar-refractivity contribution >= 4 is 45.4 Å². The van der Waals surface area contributed by atoms with Crippen molar-refractivity contribution in [2.24, 2.45) is 0 Å². The van der Waals surface area contributed by atoms with E-state index in [9.17, 15) is 14.9 Å². The molecule has 0 spiro atoms. The molecule has 4 aromatic rings. The smallest absolute Gasteiger partial charge is 0.271 e. The highest BCUT2D eigenvalue weighted by Gasteiger charge is 2.15. The molecule has 0 fully saturated rings. The number of nitro groups is 1. The lowest BCUT2D eigenvalue weighted by molar-refractivity contribution is -0.384. The highest BCUT2D eigenvalue weighted by Crippen LogP contribution is 2.37. The molecular formula is C25H19ClN2O5. The zero-order chi connectivity index (χ0) is 23.5. The predicted molar refractivity (Wildman–Crippen MR) is 129 cm³/mol. The van der Waals surface area contributed by atoms with E-state index in [-0.39, 0.29) is 5.69 Å². The van der Waals surface area contributed by atoms with E-state index >= 15 is 0 Å². The summed E-state index contributed by atoms with van der Waals surface area (Å²) in [6.07, 6.45) is 3.09. The molecule has 7 nitrogen and oxygen atoms in total. The number of non-ortho nitro benzene ring substituents is 1. The molecule has 0 aliphatic heterocycles. The average molecular weight is 463 g/mol. The second kappa shape index (κ2) is 9.18. The Balaban J connectivity index is 1.68. The highest BCUT2D eigenvalue weighted by molar-refractivity contribution is 6.30. The standard InChI is InChI=1S/C25H19ClN2O5/c1-15(10-25(29)27-18-4-3-5-19(11-18)28(30)31)20-12-21-22(16-6-8-17(26)9-7-16)14-33-24(21)13-23(20)32-2/h3-14H,1-2H3,(H,27,29)/b15-10+. The second-order valence-electron chi connectivity index (χ2n) is 7.33. The van der Waals surface area contributed by atoms with Gasteiger partial charge in [0.15, 0.2) is 0 Å². The van der Waals surface area contributed by atoms with Gasteiger partial charge in [0.2, 0.25) is 5.91 Å². The van der Waals surface area contributed by atoms with Crippen LogP contribution >= 0.6 is 11.6 Å². The summed E-state index contributed by atoms with van der Waals surface area (Å²) in [7, 11) is 1.55. The van der Waals surface area contributed by atoms with Crippen LogP contribution < -0.4 is 10.1 Å². The Morgan fingerprint density at radius 2 is 1.91 bits per heavy atom. The number of halogens is 1. The number of carbonyl (C=O) groups is 1. The number of methoxy groups -OCH3 is 1. The van der Waals surface area contributed by atoms with E-state index in [2.05, 4.69) is 5.32 Å². The zero-order valence-corrected chi connectivity index (χ0v) is 18.6. The van der Waals surface area contributed by atoms with Gasteiger partial charge in [0, 0.05) is 51.5 Å². The highest BCUT2D eigenvalue weighted by atomic mass is 35.5. The molecule has 0 saturated heterocycles. The Hall–Kier alpha value is -4.10. The number of amides is 1. The molecule has 0 saturated carbocycles. The van der Waals surface area contributed by atoms with Crippen LogP contribution in [0.4, 0.5) is 11.4 Å². The fourth-order valence-corrected chi connectivity index (χ4v) is 3.66. The molecule has 0 unspecified atom stereocenters. The van der Waals surface area contributed by atoms with Crippen molar-refractivity contribution < 1.29 is 18.9 Å². The van der Waals surface area contributed by atoms with Crippen LogP contribution in [0, 0.1) is 10.1 Å². The fraction of sp³-hybridized carbons (Fsp3) is 0.0800. The normalized spacial score (nSPS) is 11.4. The van der Waals surface area contributed by atoms with E-state index in [1.54, 1.807) is 32.4 Å². The third-order valence-corrected chi connectivity index (χ3v) is 5.40. The molecule has 33 heavy (non-hydrogen) atoms. The maximum Gasteiger partial charge on any atom is 0.271 e. The van der Waals surface area contributed by atoms with Gasteiger partial charge in [-0.05, 0) is 42.3 Å². The van der Waals surface area contributed by atoms with Gasteiger partial charge >= 0.3 is 0 Å². The van der Waals surface area contributed by atoms with Gasteiger partial charge < -0.3 is 14.5 Å². The maximum atomic E-state index is 12.6. The number of hydrogen-bond donors (Lipinski definition) is 1. The largest absolute Gasteiger partial charge is 0.496 e. The fourth-order valence-electron chi connectivity index (χ4n) is 3.54. The van der Waals surface area contributed by atoms with Crippen molar-refractivity contribution in [1.82, 2.24) is 0 Å². The van der Waals surface area contributed by atoms with E-state index < -0.39 is 10.8 Å². The Morgan fingerprint density at radius 3 is 2.61 bits per heavy atom. The molecule has 0 aliphatic carbocycles. The molecule has 1 N–H and O–H groups in total. The summed E-state index contributed by atoms with van der Waals surface area (Å²) in [4.78, 5) is 23.0. The van der Waals surface area contributed by atoms with Gasteiger partial charge in [-0.15, -0.1) is 0 Å². The minimum absolute atomic E-state index is 0.102. The van der Waals surface area contributed by atoms with Crippen LogP contribution in [0.15, 0.2) is 77.4 Å². The van der Waals surface area contributed by atoms with E-state index in [0.29, 0.717) is 27.6 Å². The molecule has 3 aromatic carbocycles. The molecule has 1 aromatic heterocycles. The van der Waals surface area contributed by atoms with E-state index in [4.69, 9.17) is 20.8 Å². The Bertz CT molecular complexity index is 1390. The second-order valence-corrected chi connectivity index (χ2v) is 7.77. The number of allylic oxidation sites excluding steroid dienone is 1. The molecule has 0 aliphatic rings. The number of nitrogens with one attached hydrogen (secondary N) is 1. The van der Waals surface area contributed by atoms with E-state index in [0.717, 1.165) is 22.1 Å². The Morgan fingerprint density at radius 1 is 1.15 bits per heavy atom. The van der Waals surface area contributed by atoms with Crippen molar-refractivity contribution in [2.75, 3.05) is 12.4 Å². The molecule has 4 rings (SSSR count). The molecule has 1 amide bonds. The van der Waals surface area contributed by atoms with Gasteiger partial charge in [-0.25, -0.2) is 0 Å². The van der Waals surface area contributed by atoms with Gasteiger partial charge in [0.1, 0.15) is 11.3 Å². The summed E-state index contributed by atoms with van der Waals surface area (Å²) < 4.78 is 11.3. The summed E-state index contributed by atoms with van der Waals surface area (Å²) in [5, 5.41) is 15.1. The van der Waals surface area contributed by atoms with Crippen LogP contribution in [0.25, 0.3) is 27.7 Å². The maximum absolute atomic E-state index is 12.6. The van der Waals surface area contributed by atoms with E-state index in [1.807, 2.05) is 30.3 Å². The summed E-state index contributed by atoms with van der Waals surface area (Å²) in [5.41, 5.74) is 4.08. The Kier molecular flexibility index (Phi) is 6.15. The molecule has 1 heterocycles. The third-order valence-electron chi connectivity index (χ3n) is 5.15. The number of hydrogen-bond acceptors (Lipinski definition) is 5. The van der Waals surface area contributed by atoms with Crippen molar-refractivity contribution in [3.63, 3.8) is 0 Å². The summed E-state index contributed by atoms with van der Waals surface area (Å²) in [6.45, 7) is 1.79. The third kappa shape index (κ3) is 4.73. The van der Waals surface area contributed by atoms with Crippen molar-refractivity contribution in [2.45, 2.75) is 6.92 Å². The summed E-state index contributed by atoms with van der Waals surface area (Å²) in [6, 6.07) is 16.9. The Labute approximate surface area is 194 Å². The zero-order valence-electron chi connectivity index (χ0n) is 17.8. The molecule has 0 radical (unpaired) electrons. The van der Waals surface area contributed by atoms with Crippen LogP contribution in [0.3, 0.4) is 0 Å². The molecule has 0 atom stereocenters. The lowest BCUT2D eigenvalue weighted by Crippen LogP contribution is -2.09. The average Bonchev–Trinajstić information content (AvgIpc) is 3.21. The summed E-state index contributed by atoms with van der Waals surface area (Å²) >= 11 is 6.01.